The van der Waals surface area contributed by atoms with E-state index in [1.165, 1.54) is 12.1 Å². The second kappa shape index (κ2) is 11.1. The highest BCUT2D eigenvalue weighted by Crippen LogP contribution is 2.46. The van der Waals surface area contributed by atoms with Crippen molar-refractivity contribution >= 4 is 16.6 Å². The van der Waals surface area contributed by atoms with Gasteiger partial charge in [0.05, 0.1) is 30.8 Å². The van der Waals surface area contributed by atoms with Crippen LogP contribution in [0.3, 0.4) is 0 Å². The van der Waals surface area contributed by atoms with E-state index in [1.54, 1.807) is 13.0 Å². The van der Waals surface area contributed by atoms with E-state index >= 15 is 0 Å². The molecular formula is C27H28F8N4O. The molecule has 1 saturated heterocycles. The van der Waals surface area contributed by atoms with Gasteiger partial charge in [0.1, 0.15) is 17.4 Å². The molecule has 3 heterocycles. The largest absolute Gasteiger partial charge is 0.434 e. The maximum absolute atomic E-state index is 14.7. The number of anilines is 1. The Morgan fingerprint density at radius 2 is 1.88 bits per heavy atom. The number of ether oxygens (including phenoxy) is 1. The number of nitrogens with zero attached hydrogens (tertiary/aromatic N) is 2. The Morgan fingerprint density at radius 3 is 2.55 bits per heavy atom. The summed E-state index contributed by atoms with van der Waals surface area (Å²) in [5, 5.41) is 3.38. The Kier molecular flexibility index (Phi) is 7.88. The lowest BCUT2D eigenvalue weighted by Gasteiger charge is -2.42. The van der Waals surface area contributed by atoms with E-state index in [0.29, 0.717) is 43.4 Å². The molecule has 0 saturated carbocycles. The Bertz CT molecular complexity index is 1350. The molecule has 1 aromatic heterocycles. The number of halogens is 8. The number of rotatable bonds is 9. The minimum absolute atomic E-state index is 0.0218. The van der Waals surface area contributed by atoms with Crippen molar-refractivity contribution in [3.8, 4) is 5.75 Å². The van der Waals surface area contributed by atoms with Crippen LogP contribution in [0.4, 0.5) is 40.8 Å². The molecule has 2 atom stereocenters. The molecule has 2 aliphatic heterocycles. The van der Waals surface area contributed by atoms with Gasteiger partial charge in [0.25, 0.3) is 0 Å². The van der Waals surface area contributed by atoms with Crippen LogP contribution in [0.5, 0.6) is 5.75 Å². The number of benzene rings is 2. The van der Waals surface area contributed by atoms with Crippen LogP contribution in [0.2, 0.25) is 0 Å². The second-order valence-electron chi connectivity index (χ2n) is 10.3. The lowest BCUT2D eigenvalue weighted by atomic mass is 9.88. The zero-order valence-corrected chi connectivity index (χ0v) is 21.5. The summed E-state index contributed by atoms with van der Waals surface area (Å²) in [4.78, 5) is 5.95. The average Bonchev–Trinajstić information content (AvgIpc) is 3.18. The monoisotopic (exact) mass is 576 g/mol. The molecule has 5 nitrogen and oxygen atoms in total. The third kappa shape index (κ3) is 5.85. The van der Waals surface area contributed by atoms with Gasteiger partial charge in [-0.25, -0.2) is 8.78 Å². The van der Waals surface area contributed by atoms with Gasteiger partial charge in [0, 0.05) is 60.1 Å². The van der Waals surface area contributed by atoms with Crippen molar-refractivity contribution in [2.45, 2.75) is 50.7 Å². The third-order valence-electron chi connectivity index (χ3n) is 7.46. The van der Waals surface area contributed by atoms with Crippen molar-refractivity contribution in [1.82, 2.24) is 14.8 Å². The Labute approximate surface area is 225 Å². The van der Waals surface area contributed by atoms with Crippen molar-refractivity contribution in [2.75, 3.05) is 38.2 Å². The highest BCUT2D eigenvalue weighted by atomic mass is 19.4. The normalized spacial score (nSPS) is 20.6. The molecule has 2 N–H and O–H groups in total. The van der Waals surface area contributed by atoms with E-state index < -0.39 is 49.7 Å². The maximum atomic E-state index is 14.7. The average molecular weight is 577 g/mol. The Morgan fingerprint density at radius 1 is 1.12 bits per heavy atom. The van der Waals surface area contributed by atoms with E-state index in [9.17, 15) is 35.1 Å². The van der Waals surface area contributed by atoms with Gasteiger partial charge in [-0.2, -0.15) is 22.0 Å². The summed E-state index contributed by atoms with van der Waals surface area (Å²) in [7, 11) is 0. The molecule has 40 heavy (non-hydrogen) atoms. The summed E-state index contributed by atoms with van der Waals surface area (Å²) in [6, 6.07) is 4.00. The fourth-order valence-electron chi connectivity index (χ4n) is 5.78. The van der Waals surface area contributed by atoms with Gasteiger partial charge in [-0.1, -0.05) is 6.07 Å². The molecule has 0 aliphatic carbocycles. The van der Waals surface area contributed by atoms with Crippen LogP contribution in [0.15, 0.2) is 30.3 Å². The predicted molar refractivity (Wildman–Crippen MR) is 134 cm³/mol. The molecule has 0 amide bonds. The zero-order valence-electron chi connectivity index (χ0n) is 21.5. The number of nitrogens with one attached hydrogen (secondary N) is 2. The topological polar surface area (TPSA) is 43.5 Å². The van der Waals surface area contributed by atoms with Crippen LogP contribution in [0.1, 0.15) is 36.2 Å². The first-order valence-electron chi connectivity index (χ1n) is 12.9. The van der Waals surface area contributed by atoms with Crippen LogP contribution in [0.25, 0.3) is 10.9 Å². The van der Waals surface area contributed by atoms with E-state index in [-0.39, 0.29) is 40.4 Å². The molecule has 2 aliphatic rings. The molecule has 0 radical (unpaired) electrons. The number of fused-ring (bicyclic) bond motifs is 3. The quantitative estimate of drug-likeness (QED) is 0.290. The first kappa shape index (κ1) is 28.5. The summed E-state index contributed by atoms with van der Waals surface area (Å²) < 4.78 is 114. The van der Waals surface area contributed by atoms with Crippen LogP contribution in [0, 0.1) is 11.6 Å². The molecule has 5 rings (SSSR count). The van der Waals surface area contributed by atoms with Crippen LogP contribution in [-0.2, 0) is 6.42 Å². The minimum Gasteiger partial charge on any atom is -0.434 e. The van der Waals surface area contributed by atoms with Gasteiger partial charge in [-0.15, -0.1) is 0 Å². The highest BCUT2D eigenvalue weighted by Gasteiger charge is 2.43. The Balaban J connectivity index is 1.56. The molecule has 0 spiro atoms. The lowest BCUT2D eigenvalue weighted by molar-refractivity contribution is -0.155. The van der Waals surface area contributed by atoms with Gasteiger partial charge >= 0.3 is 12.8 Å². The van der Waals surface area contributed by atoms with E-state index in [1.807, 2.05) is 4.90 Å². The van der Waals surface area contributed by atoms with Crippen LogP contribution in [-0.4, -0.2) is 72.5 Å². The molecule has 2 aromatic carbocycles. The predicted octanol–water partition coefficient (Wildman–Crippen LogP) is 6.40. The van der Waals surface area contributed by atoms with Crippen molar-refractivity contribution in [3.05, 3.63) is 58.8 Å². The van der Waals surface area contributed by atoms with Crippen molar-refractivity contribution in [2.24, 2.45) is 0 Å². The van der Waals surface area contributed by atoms with Gasteiger partial charge in [-0.3, -0.25) is 14.2 Å². The lowest BCUT2D eigenvalue weighted by Crippen LogP contribution is -2.54. The zero-order chi connectivity index (χ0) is 28.8. The molecule has 13 heteroatoms. The van der Waals surface area contributed by atoms with Crippen molar-refractivity contribution in [3.63, 3.8) is 0 Å². The van der Waals surface area contributed by atoms with Gasteiger partial charge in [0.15, 0.2) is 0 Å². The molecule has 3 aromatic rings. The minimum atomic E-state index is -4.63. The standard InChI is InChI=1S/C27H28F8N4O/c1-14-7-19-20-8-15(29)9-21(30)23(20)37-24(19)25(39(14)13-27(33,34)35)18-4-3-16(10-22(18)40-26(31)32)36-17-11-38(12-17)6-2-5-28/h3-4,8-10,14,17,25-26,36-37H,2,5-7,11-13H2,1H3/t14-,25?/m1/s1. The number of alkyl halides is 6. The molecule has 0 bridgehead atoms. The first-order chi connectivity index (χ1) is 18.9. The van der Waals surface area contributed by atoms with Gasteiger partial charge in [0.2, 0.25) is 0 Å². The van der Waals surface area contributed by atoms with Gasteiger partial charge in [-0.05, 0) is 37.5 Å². The van der Waals surface area contributed by atoms with Crippen LogP contribution < -0.4 is 10.1 Å². The van der Waals surface area contributed by atoms with E-state index in [0.717, 1.165) is 11.0 Å². The van der Waals surface area contributed by atoms with Gasteiger partial charge < -0.3 is 15.0 Å². The van der Waals surface area contributed by atoms with Crippen LogP contribution >= 0.6 is 0 Å². The summed E-state index contributed by atoms with van der Waals surface area (Å²) in [5.74, 6) is -2.09. The first-order valence-corrected chi connectivity index (χ1v) is 12.9. The molecule has 218 valence electrons. The van der Waals surface area contributed by atoms with Crippen molar-refractivity contribution < 1.29 is 39.9 Å². The molecule has 1 unspecified atom stereocenters. The number of hydrogen-bond donors (Lipinski definition) is 2. The summed E-state index contributed by atoms with van der Waals surface area (Å²) >= 11 is 0. The highest BCUT2D eigenvalue weighted by molar-refractivity contribution is 5.86. The van der Waals surface area contributed by atoms with E-state index in [2.05, 4.69) is 10.3 Å². The SMILES string of the molecule is C[C@@H]1Cc2c([nH]c3c(F)cc(F)cc23)C(c2ccc(NC3CN(CCCF)C3)cc2OC(F)F)N1CC(F)(F)F. The summed E-state index contributed by atoms with van der Waals surface area (Å²) in [6.45, 7) is -1.67. The number of aromatic amines is 1. The smallest absolute Gasteiger partial charge is 0.401 e. The van der Waals surface area contributed by atoms with Crippen molar-refractivity contribution in [1.29, 1.82) is 0 Å². The number of H-pyrrole nitrogens is 1. The fourth-order valence-corrected chi connectivity index (χ4v) is 5.78. The van der Waals surface area contributed by atoms with E-state index in [4.69, 9.17) is 4.74 Å². The number of likely N-dealkylation sites (tertiary alicyclic amines) is 1. The second-order valence-corrected chi connectivity index (χ2v) is 10.3. The Hall–Kier alpha value is -3.06. The maximum Gasteiger partial charge on any atom is 0.401 e. The summed E-state index contributed by atoms with van der Waals surface area (Å²) in [6.07, 6.45) is -4.17. The third-order valence-corrected chi connectivity index (χ3v) is 7.46. The summed E-state index contributed by atoms with van der Waals surface area (Å²) in [5.41, 5.74) is 0.940. The molecule has 1 fully saturated rings. The number of hydrogen-bond acceptors (Lipinski definition) is 4. The number of aromatic nitrogens is 1. The fraction of sp³-hybridized carbons (Fsp3) is 0.481. The molecular weight excluding hydrogens is 548 g/mol.